The third-order valence-electron chi connectivity index (χ3n) is 3.84. The van der Waals surface area contributed by atoms with Crippen molar-refractivity contribution >= 4 is 15.8 Å². The fourth-order valence-corrected chi connectivity index (χ4v) is 4.52. The van der Waals surface area contributed by atoms with E-state index in [0.29, 0.717) is 30.3 Å². The molecule has 1 aliphatic rings. The van der Waals surface area contributed by atoms with Crippen LogP contribution in [0.3, 0.4) is 0 Å². The molecular formula is C15H17FN4O2S. The second-order valence-corrected chi connectivity index (χ2v) is 7.38. The number of rotatable bonds is 3. The minimum Gasteiger partial charge on any atom is -0.384 e. The normalized spacial score (nSPS) is 19.1. The SMILES string of the molecule is Cc1nc(N)cc([C@H]2CCCN2S(=O)(=O)c2ccc(F)cc2)n1. The van der Waals surface area contributed by atoms with Crippen molar-refractivity contribution in [2.45, 2.75) is 30.7 Å². The summed E-state index contributed by atoms with van der Waals surface area (Å²) in [5.74, 6) is 0.352. The molecule has 1 aliphatic heterocycles. The molecule has 0 saturated carbocycles. The lowest BCUT2D eigenvalue weighted by Gasteiger charge is -2.24. The van der Waals surface area contributed by atoms with Gasteiger partial charge < -0.3 is 5.73 Å². The average Bonchev–Trinajstić information content (AvgIpc) is 2.97. The topological polar surface area (TPSA) is 89.2 Å². The highest BCUT2D eigenvalue weighted by Gasteiger charge is 2.37. The van der Waals surface area contributed by atoms with Crippen molar-refractivity contribution in [3.05, 3.63) is 47.7 Å². The van der Waals surface area contributed by atoms with Gasteiger partial charge in [-0.2, -0.15) is 4.31 Å². The zero-order valence-electron chi connectivity index (χ0n) is 12.6. The Morgan fingerprint density at radius 3 is 2.61 bits per heavy atom. The Morgan fingerprint density at radius 1 is 1.26 bits per heavy atom. The zero-order valence-corrected chi connectivity index (χ0v) is 13.4. The Bertz CT molecular complexity index is 804. The number of halogens is 1. The van der Waals surface area contributed by atoms with Crippen molar-refractivity contribution in [3.63, 3.8) is 0 Å². The first-order chi connectivity index (χ1) is 10.9. The van der Waals surface area contributed by atoms with E-state index in [0.717, 1.165) is 18.6 Å². The van der Waals surface area contributed by atoms with E-state index in [9.17, 15) is 12.8 Å². The van der Waals surface area contributed by atoms with Gasteiger partial charge in [0.15, 0.2) is 0 Å². The van der Waals surface area contributed by atoms with E-state index in [-0.39, 0.29) is 10.9 Å². The molecule has 1 saturated heterocycles. The van der Waals surface area contributed by atoms with E-state index in [1.807, 2.05) is 0 Å². The summed E-state index contributed by atoms with van der Waals surface area (Å²) in [6.45, 7) is 2.11. The number of nitrogens with zero attached hydrogens (tertiary/aromatic N) is 3. The number of nitrogens with two attached hydrogens (primary N) is 1. The van der Waals surface area contributed by atoms with Gasteiger partial charge in [0.1, 0.15) is 17.5 Å². The molecule has 6 nitrogen and oxygen atoms in total. The van der Waals surface area contributed by atoms with E-state index in [2.05, 4.69) is 9.97 Å². The summed E-state index contributed by atoms with van der Waals surface area (Å²) in [6.07, 6.45) is 1.39. The maximum atomic E-state index is 13.0. The number of nitrogen functional groups attached to an aromatic ring is 1. The first kappa shape index (κ1) is 15.8. The molecule has 0 radical (unpaired) electrons. The van der Waals surface area contributed by atoms with E-state index in [1.54, 1.807) is 13.0 Å². The molecule has 2 N–H and O–H groups in total. The third kappa shape index (κ3) is 3.04. The molecule has 0 amide bonds. The van der Waals surface area contributed by atoms with E-state index >= 15 is 0 Å². The van der Waals surface area contributed by atoms with Crippen LogP contribution in [0.25, 0.3) is 0 Å². The predicted molar refractivity (Wildman–Crippen MR) is 83.4 cm³/mol. The summed E-state index contributed by atoms with van der Waals surface area (Å²) in [7, 11) is -3.71. The highest BCUT2D eigenvalue weighted by molar-refractivity contribution is 7.89. The fraction of sp³-hybridized carbons (Fsp3) is 0.333. The summed E-state index contributed by atoms with van der Waals surface area (Å²) in [5.41, 5.74) is 6.34. The van der Waals surface area contributed by atoms with Crippen molar-refractivity contribution in [1.82, 2.24) is 14.3 Å². The standard InChI is InChI=1S/C15H17FN4O2S/c1-10-18-13(9-15(17)19-10)14-3-2-8-20(14)23(21,22)12-6-4-11(16)5-7-12/h4-7,9,14H,2-3,8H2,1H3,(H2,17,18,19)/t14-/m1/s1. The molecule has 1 atom stereocenters. The minimum atomic E-state index is -3.71. The Labute approximate surface area is 134 Å². The van der Waals surface area contributed by atoms with Gasteiger partial charge in [-0.05, 0) is 44.0 Å². The zero-order chi connectivity index (χ0) is 16.6. The first-order valence-electron chi connectivity index (χ1n) is 7.26. The molecule has 0 unspecified atom stereocenters. The van der Waals surface area contributed by atoms with Crippen LogP contribution in [-0.4, -0.2) is 29.2 Å². The molecule has 8 heteroatoms. The average molecular weight is 336 g/mol. The number of aromatic nitrogens is 2. The molecule has 0 aliphatic carbocycles. The van der Waals surface area contributed by atoms with Crippen LogP contribution in [0.2, 0.25) is 0 Å². The van der Waals surface area contributed by atoms with Crippen LogP contribution in [0, 0.1) is 12.7 Å². The summed E-state index contributed by atoms with van der Waals surface area (Å²) in [5, 5.41) is 0. The molecule has 2 heterocycles. The molecule has 0 spiro atoms. The summed E-state index contributed by atoms with van der Waals surface area (Å²) < 4.78 is 40.1. The number of hydrogen-bond acceptors (Lipinski definition) is 5. The summed E-state index contributed by atoms with van der Waals surface area (Å²) >= 11 is 0. The van der Waals surface area contributed by atoms with E-state index in [4.69, 9.17) is 5.73 Å². The number of anilines is 1. The molecule has 1 aromatic carbocycles. The van der Waals surface area contributed by atoms with Crippen molar-refractivity contribution in [2.24, 2.45) is 0 Å². The second-order valence-electron chi connectivity index (χ2n) is 5.49. The van der Waals surface area contributed by atoms with Gasteiger partial charge in [-0.25, -0.2) is 22.8 Å². The van der Waals surface area contributed by atoms with E-state index in [1.165, 1.54) is 16.4 Å². The highest BCUT2D eigenvalue weighted by Crippen LogP contribution is 2.36. The van der Waals surface area contributed by atoms with E-state index < -0.39 is 15.8 Å². The van der Waals surface area contributed by atoms with Crippen LogP contribution < -0.4 is 5.73 Å². The van der Waals surface area contributed by atoms with Gasteiger partial charge in [0, 0.05) is 12.6 Å². The third-order valence-corrected chi connectivity index (χ3v) is 5.77. The lowest BCUT2D eigenvalue weighted by molar-refractivity contribution is 0.389. The molecule has 1 fully saturated rings. The smallest absolute Gasteiger partial charge is 0.243 e. The monoisotopic (exact) mass is 336 g/mol. The molecule has 122 valence electrons. The van der Waals surface area contributed by atoms with Crippen molar-refractivity contribution in [3.8, 4) is 0 Å². The van der Waals surface area contributed by atoms with Crippen molar-refractivity contribution in [1.29, 1.82) is 0 Å². The summed E-state index contributed by atoms with van der Waals surface area (Å²) in [4.78, 5) is 8.42. The molecule has 0 bridgehead atoms. The first-order valence-corrected chi connectivity index (χ1v) is 8.70. The predicted octanol–water partition coefficient (Wildman–Crippen LogP) is 2.03. The van der Waals surface area contributed by atoms with Gasteiger partial charge in [0.25, 0.3) is 0 Å². The molecular weight excluding hydrogens is 319 g/mol. The van der Waals surface area contributed by atoms with Gasteiger partial charge in [-0.1, -0.05) is 0 Å². The Kier molecular flexibility index (Phi) is 4.03. The van der Waals surface area contributed by atoms with Crippen LogP contribution in [0.15, 0.2) is 35.2 Å². The van der Waals surface area contributed by atoms with Gasteiger partial charge in [0.05, 0.1) is 16.6 Å². The minimum absolute atomic E-state index is 0.0737. The number of sulfonamides is 1. The van der Waals surface area contributed by atoms with Gasteiger partial charge in [0.2, 0.25) is 10.0 Å². The van der Waals surface area contributed by atoms with Crippen LogP contribution >= 0.6 is 0 Å². The number of hydrogen-bond donors (Lipinski definition) is 1. The quantitative estimate of drug-likeness (QED) is 0.926. The van der Waals surface area contributed by atoms with Crippen LogP contribution in [-0.2, 0) is 10.0 Å². The Balaban J connectivity index is 1.99. The second kappa shape index (κ2) is 5.86. The Hall–Kier alpha value is -2.06. The molecule has 23 heavy (non-hydrogen) atoms. The number of aryl methyl sites for hydroxylation is 1. The molecule has 2 aromatic rings. The molecule has 3 rings (SSSR count). The lowest BCUT2D eigenvalue weighted by atomic mass is 10.1. The van der Waals surface area contributed by atoms with Crippen molar-refractivity contribution in [2.75, 3.05) is 12.3 Å². The summed E-state index contributed by atoms with van der Waals surface area (Å²) in [6, 6.07) is 6.07. The van der Waals surface area contributed by atoms with Gasteiger partial charge >= 0.3 is 0 Å². The maximum Gasteiger partial charge on any atom is 0.243 e. The fourth-order valence-electron chi connectivity index (χ4n) is 2.85. The maximum absolute atomic E-state index is 13.0. The van der Waals surface area contributed by atoms with Gasteiger partial charge in [-0.15, -0.1) is 0 Å². The van der Waals surface area contributed by atoms with Gasteiger partial charge in [-0.3, -0.25) is 0 Å². The largest absolute Gasteiger partial charge is 0.384 e. The van der Waals surface area contributed by atoms with Crippen LogP contribution in [0.1, 0.15) is 30.4 Å². The van der Waals surface area contributed by atoms with Crippen LogP contribution in [0.4, 0.5) is 10.2 Å². The Morgan fingerprint density at radius 2 is 1.96 bits per heavy atom. The highest BCUT2D eigenvalue weighted by atomic mass is 32.2. The number of benzene rings is 1. The molecule has 1 aromatic heterocycles. The van der Waals surface area contributed by atoms with Crippen molar-refractivity contribution < 1.29 is 12.8 Å². The lowest BCUT2D eigenvalue weighted by Crippen LogP contribution is -2.31. The van der Waals surface area contributed by atoms with Crippen LogP contribution in [0.5, 0.6) is 0 Å².